The fourth-order valence-electron chi connectivity index (χ4n) is 2.67. The normalized spacial score (nSPS) is 11.7. The van der Waals surface area contributed by atoms with E-state index in [2.05, 4.69) is 15.6 Å². The van der Waals surface area contributed by atoms with Crippen LogP contribution in [-0.2, 0) is 4.79 Å². The maximum absolute atomic E-state index is 12.0. The molecule has 0 bridgehead atoms. The molecule has 2 N–H and O–H groups in total. The molecule has 7 nitrogen and oxygen atoms in total. The summed E-state index contributed by atoms with van der Waals surface area (Å²) in [5.74, 6) is 2.52. The molecule has 1 aliphatic rings. The van der Waals surface area contributed by atoms with Crippen LogP contribution >= 0.6 is 0 Å². The molecule has 0 aliphatic carbocycles. The van der Waals surface area contributed by atoms with Crippen molar-refractivity contribution in [3.63, 3.8) is 0 Å². The maximum Gasteiger partial charge on any atom is 0.231 e. The van der Waals surface area contributed by atoms with Gasteiger partial charge in [-0.1, -0.05) is 18.2 Å². The Kier molecular flexibility index (Phi) is 5.24. The minimum absolute atomic E-state index is 0.153. The lowest BCUT2D eigenvalue weighted by Crippen LogP contribution is -2.15. The highest BCUT2D eigenvalue weighted by Crippen LogP contribution is 2.35. The number of nitrogens with zero attached hydrogens (tertiary/aromatic N) is 1. The molecule has 0 atom stereocenters. The number of carbonyl (C=O) groups excluding carboxylic acids is 1. The first-order chi connectivity index (χ1) is 13.8. The number of hydrogen-bond acceptors (Lipinski definition) is 6. The zero-order valence-corrected chi connectivity index (χ0v) is 15.1. The summed E-state index contributed by atoms with van der Waals surface area (Å²) in [6.07, 6.45) is 1.90. The Labute approximate surface area is 162 Å². The number of ether oxygens (including phenoxy) is 3. The third kappa shape index (κ3) is 4.50. The van der Waals surface area contributed by atoms with Crippen LogP contribution in [0.15, 0.2) is 66.9 Å². The Balaban J connectivity index is 1.26. The van der Waals surface area contributed by atoms with Crippen molar-refractivity contribution in [2.24, 2.45) is 0 Å². The third-order valence-electron chi connectivity index (χ3n) is 4.03. The second-order valence-corrected chi connectivity index (χ2v) is 6.08. The van der Waals surface area contributed by atoms with Gasteiger partial charge in [0.25, 0.3) is 0 Å². The Bertz CT molecular complexity index is 946. The van der Waals surface area contributed by atoms with Crippen molar-refractivity contribution >= 4 is 23.1 Å². The predicted octanol–water partition coefficient (Wildman–Crippen LogP) is 3.96. The number of rotatable bonds is 7. The fraction of sp³-hybridized carbons (Fsp3) is 0.143. The number of nitrogens with one attached hydrogen (secondary N) is 2. The maximum atomic E-state index is 12.0. The standard InChI is InChI=1S/C21H19N3O4/c25-21(10-11-26-17-4-2-1-3-5-17)24-20-9-7-16(13-22-20)23-15-6-8-18-19(12-15)28-14-27-18/h1-9,12-13,23H,10-11,14H2,(H,22,24,25). The summed E-state index contributed by atoms with van der Waals surface area (Å²) in [6.45, 7) is 0.546. The van der Waals surface area contributed by atoms with Crippen molar-refractivity contribution in [3.8, 4) is 17.2 Å². The molecule has 2 aromatic carbocycles. The molecule has 28 heavy (non-hydrogen) atoms. The largest absolute Gasteiger partial charge is 0.493 e. The van der Waals surface area contributed by atoms with E-state index in [-0.39, 0.29) is 19.1 Å². The monoisotopic (exact) mass is 377 g/mol. The lowest BCUT2D eigenvalue weighted by molar-refractivity contribution is -0.116. The molecule has 0 radical (unpaired) electrons. The molecule has 1 amide bonds. The third-order valence-corrected chi connectivity index (χ3v) is 4.03. The summed E-state index contributed by atoms with van der Waals surface area (Å²) >= 11 is 0. The first-order valence-corrected chi connectivity index (χ1v) is 8.87. The van der Waals surface area contributed by atoms with Gasteiger partial charge in [0.15, 0.2) is 11.5 Å². The van der Waals surface area contributed by atoms with Gasteiger partial charge in [0.1, 0.15) is 11.6 Å². The van der Waals surface area contributed by atoms with Crippen molar-refractivity contribution in [1.29, 1.82) is 0 Å². The number of hydrogen-bond donors (Lipinski definition) is 2. The number of carbonyl (C=O) groups is 1. The van der Waals surface area contributed by atoms with Gasteiger partial charge in [-0.3, -0.25) is 4.79 Å². The molecule has 0 saturated heterocycles. The van der Waals surface area contributed by atoms with Crippen molar-refractivity contribution in [2.75, 3.05) is 24.0 Å². The molecule has 0 saturated carbocycles. The van der Waals surface area contributed by atoms with Crippen LogP contribution in [0.4, 0.5) is 17.2 Å². The second-order valence-electron chi connectivity index (χ2n) is 6.08. The minimum Gasteiger partial charge on any atom is -0.493 e. The summed E-state index contributed by atoms with van der Waals surface area (Å²) in [4.78, 5) is 16.3. The van der Waals surface area contributed by atoms with E-state index in [1.807, 2.05) is 54.6 Å². The number of benzene rings is 2. The first kappa shape index (κ1) is 17.7. The van der Waals surface area contributed by atoms with Gasteiger partial charge in [0.05, 0.1) is 24.9 Å². The lowest BCUT2D eigenvalue weighted by Gasteiger charge is -2.09. The molecule has 3 aromatic rings. The van der Waals surface area contributed by atoms with Crippen molar-refractivity contribution in [3.05, 3.63) is 66.9 Å². The molecule has 4 rings (SSSR count). The molecule has 2 heterocycles. The van der Waals surface area contributed by atoms with Gasteiger partial charge < -0.3 is 24.8 Å². The molecule has 0 fully saturated rings. The van der Waals surface area contributed by atoms with Gasteiger partial charge in [0, 0.05) is 11.8 Å². The fourth-order valence-corrected chi connectivity index (χ4v) is 2.67. The number of pyridine rings is 1. The number of para-hydroxylation sites is 1. The Morgan fingerprint density at radius 3 is 2.64 bits per heavy atom. The number of fused-ring (bicyclic) bond motifs is 1. The zero-order chi connectivity index (χ0) is 19.2. The van der Waals surface area contributed by atoms with Crippen LogP contribution in [0.3, 0.4) is 0 Å². The molecule has 142 valence electrons. The van der Waals surface area contributed by atoms with Crippen LogP contribution in [0.5, 0.6) is 17.2 Å². The topological polar surface area (TPSA) is 81.7 Å². The molecule has 1 aromatic heterocycles. The number of amides is 1. The van der Waals surface area contributed by atoms with Crippen molar-refractivity contribution < 1.29 is 19.0 Å². The highest BCUT2D eigenvalue weighted by Gasteiger charge is 2.13. The van der Waals surface area contributed by atoms with Gasteiger partial charge in [-0.2, -0.15) is 0 Å². The zero-order valence-electron chi connectivity index (χ0n) is 15.1. The van der Waals surface area contributed by atoms with Crippen LogP contribution in [0, 0.1) is 0 Å². The van der Waals surface area contributed by atoms with Crippen LogP contribution in [0.2, 0.25) is 0 Å². The minimum atomic E-state index is -0.153. The average Bonchev–Trinajstić information content (AvgIpc) is 3.18. The SMILES string of the molecule is O=C(CCOc1ccccc1)Nc1ccc(Nc2ccc3c(c2)OCO3)cn1. The van der Waals surface area contributed by atoms with E-state index in [0.29, 0.717) is 18.2 Å². The van der Waals surface area contributed by atoms with Crippen LogP contribution in [0.1, 0.15) is 6.42 Å². The quantitative estimate of drug-likeness (QED) is 0.649. The summed E-state index contributed by atoms with van der Waals surface area (Å²) < 4.78 is 16.2. The predicted molar refractivity (Wildman–Crippen MR) is 105 cm³/mol. The average molecular weight is 377 g/mol. The first-order valence-electron chi connectivity index (χ1n) is 8.87. The van der Waals surface area contributed by atoms with Crippen molar-refractivity contribution in [1.82, 2.24) is 4.98 Å². The summed E-state index contributed by atoms with van der Waals surface area (Å²) in [5, 5.41) is 5.99. The smallest absolute Gasteiger partial charge is 0.231 e. The highest BCUT2D eigenvalue weighted by molar-refractivity contribution is 5.89. The van der Waals surface area contributed by atoms with Crippen LogP contribution < -0.4 is 24.8 Å². The molecule has 7 heteroatoms. The molecular weight excluding hydrogens is 358 g/mol. The molecule has 1 aliphatic heterocycles. The van der Waals surface area contributed by atoms with E-state index in [0.717, 1.165) is 22.9 Å². The Morgan fingerprint density at radius 2 is 1.82 bits per heavy atom. The summed E-state index contributed by atoms with van der Waals surface area (Å²) in [5.41, 5.74) is 1.66. The van der Waals surface area contributed by atoms with Crippen LogP contribution in [-0.4, -0.2) is 24.3 Å². The molecule has 0 unspecified atom stereocenters. The van der Waals surface area contributed by atoms with E-state index in [4.69, 9.17) is 14.2 Å². The van der Waals surface area contributed by atoms with Gasteiger partial charge >= 0.3 is 0 Å². The summed E-state index contributed by atoms with van der Waals surface area (Å²) in [6, 6.07) is 18.6. The summed E-state index contributed by atoms with van der Waals surface area (Å²) in [7, 11) is 0. The van der Waals surface area contributed by atoms with E-state index in [9.17, 15) is 4.79 Å². The van der Waals surface area contributed by atoms with E-state index < -0.39 is 0 Å². The Morgan fingerprint density at radius 1 is 1.00 bits per heavy atom. The van der Waals surface area contributed by atoms with Gasteiger partial charge in [-0.15, -0.1) is 0 Å². The van der Waals surface area contributed by atoms with E-state index >= 15 is 0 Å². The molecule has 0 spiro atoms. The van der Waals surface area contributed by atoms with Gasteiger partial charge in [0.2, 0.25) is 12.7 Å². The Hall–Kier alpha value is -3.74. The van der Waals surface area contributed by atoms with E-state index in [1.165, 1.54) is 0 Å². The highest BCUT2D eigenvalue weighted by atomic mass is 16.7. The molecular formula is C21H19N3O4. The van der Waals surface area contributed by atoms with Crippen LogP contribution in [0.25, 0.3) is 0 Å². The lowest BCUT2D eigenvalue weighted by atomic mass is 10.2. The van der Waals surface area contributed by atoms with Gasteiger partial charge in [-0.25, -0.2) is 4.98 Å². The van der Waals surface area contributed by atoms with Gasteiger partial charge in [-0.05, 0) is 36.4 Å². The van der Waals surface area contributed by atoms with Crippen molar-refractivity contribution in [2.45, 2.75) is 6.42 Å². The second kappa shape index (κ2) is 8.30. The van der Waals surface area contributed by atoms with E-state index in [1.54, 1.807) is 12.3 Å². The number of aromatic nitrogens is 1. The number of anilines is 3.